The van der Waals surface area contributed by atoms with Gasteiger partial charge in [0.1, 0.15) is 0 Å². The number of carbonyl (C=O) groups excluding carboxylic acids is 2. The summed E-state index contributed by atoms with van der Waals surface area (Å²) in [4.78, 5) is 28.4. The van der Waals surface area contributed by atoms with Crippen molar-refractivity contribution in [2.75, 3.05) is 26.7 Å². The number of piperazine rings is 1. The van der Waals surface area contributed by atoms with Crippen LogP contribution in [0.1, 0.15) is 27.2 Å². The Morgan fingerprint density at radius 3 is 2.62 bits per heavy atom. The quantitative estimate of drug-likeness (QED) is 0.697. The highest BCUT2D eigenvalue weighted by Crippen LogP contribution is 2.27. The minimum absolute atomic E-state index is 0.0807. The number of hydrogen-bond donors (Lipinski definition) is 2. The van der Waals surface area contributed by atoms with Gasteiger partial charge in [-0.05, 0) is 20.4 Å². The van der Waals surface area contributed by atoms with Crippen LogP contribution in [0.25, 0.3) is 0 Å². The van der Waals surface area contributed by atoms with Crippen LogP contribution >= 0.6 is 0 Å². The van der Waals surface area contributed by atoms with Gasteiger partial charge in [-0.3, -0.25) is 14.5 Å². The molecule has 6 nitrogen and oxygen atoms in total. The Balaban J connectivity index is 1.98. The molecule has 2 aliphatic rings. The molecule has 0 radical (unpaired) electrons. The molecule has 2 fully saturated rings. The molecular weight excluding hydrogens is 270 g/mol. The molecule has 0 bridgehead atoms. The highest BCUT2D eigenvalue weighted by atomic mass is 16.3. The lowest BCUT2D eigenvalue weighted by Crippen LogP contribution is -2.67. The molecule has 2 heterocycles. The maximum Gasteiger partial charge on any atom is 0.228 e. The summed E-state index contributed by atoms with van der Waals surface area (Å²) in [6.07, 6.45) is 0.306. The molecule has 2 amide bonds. The van der Waals surface area contributed by atoms with E-state index >= 15 is 0 Å². The van der Waals surface area contributed by atoms with E-state index in [2.05, 4.69) is 24.2 Å². The van der Waals surface area contributed by atoms with Crippen molar-refractivity contribution in [3.05, 3.63) is 0 Å². The third-order valence-corrected chi connectivity index (χ3v) is 5.01. The lowest BCUT2D eigenvalue weighted by atomic mass is 9.78. The second kappa shape index (κ2) is 6.32. The molecule has 2 aliphatic heterocycles. The minimum atomic E-state index is -0.713. The molecule has 120 valence electrons. The Bertz CT molecular complexity index is 413. The average Bonchev–Trinajstić information content (AvgIpc) is 2.42. The second-order valence-electron chi connectivity index (χ2n) is 6.42. The number of amides is 2. The predicted octanol–water partition coefficient (Wildman–Crippen LogP) is -0.329. The molecule has 2 rings (SSSR count). The van der Waals surface area contributed by atoms with E-state index in [1.165, 1.54) is 0 Å². The van der Waals surface area contributed by atoms with E-state index in [-0.39, 0.29) is 23.8 Å². The number of β-lactam (4-membered cyclic amide) rings is 1. The third-order valence-electron chi connectivity index (χ3n) is 5.01. The van der Waals surface area contributed by atoms with E-state index in [9.17, 15) is 14.7 Å². The highest BCUT2D eigenvalue weighted by molar-refractivity contribution is 5.90. The first kappa shape index (κ1) is 16.2. The molecule has 0 saturated carbocycles. The standard InChI is InChI=1S/C15H27N3O3/c1-5-11-8-18(7-6-17(11)4)15(21)9(2)13-12(10(3)19)14(20)16-13/h9-13,19H,5-8H2,1-4H3,(H,16,20). The molecule has 2 N–H and O–H groups in total. The Morgan fingerprint density at radius 1 is 1.43 bits per heavy atom. The Hall–Kier alpha value is -1.14. The number of rotatable bonds is 4. The first-order chi connectivity index (χ1) is 9.86. The van der Waals surface area contributed by atoms with Crippen molar-refractivity contribution < 1.29 is 14.7 Å². The average molecular weight is 297 g/mol. The number of aliphatic hydroxyl groups excluding tert-OH is 1. The van der Waals surface area contributed by atoms with Gasteiger partial charge in [-0.1, -0.05) is 13.8 Å². The summed E-state index contributed by atoms with van der Waals surface area (Å²) in [5.41, 5.74) is 0. The van der Waals surface area contributed by atoms with Gasteiger partial charge in [0.25, 0.3) is 0 Å². The second-order valence-corrected chi connectivity index (χ2v) is 6.42. The molecule has 2 saturated heterocycles. The smallest absolute Gasteiger partial charge is 0.228 e. The summed E-state index contributed by atoms with van der Waals surface area (Å²) in [5, 5.41) is 12.4. The SMILES string of the molecule is CCC1CN(C(=O)C(C)C2NC(=O)C2C(C)O)CCN1C. The predicted molar refractivity (Wildman–Crippen MR) is 79.6 cm³/mol. The zero-order valence-corrected chi connectivity index (χ0v) is 13.4. The van der Waals surface area contributed by atoms with E-state index in [0.717, 1.165) is 26.1 Å². The summed E-state index contributed by atoms with van der Waals surface area (Å²) in [6, 6.07) is 0.156. The normalized spacial score (nSPS) is 33.1. The third kappa shape index (κ3) is 3.06. The highest BCUT2D eigenvalue weighted by Gasteiger charge is 2.48. The maximum absolute atomic E-state index is 12.6. The van der Waals surface area contributed by atoms with Crippen LogP contribution in [0.15, 0.2) is 0 Å². The summed E-state index contributed by atoms with van der Waals surface area (Å²) >= 11 is 0. The summed E-state index contributed by atoms with van der Waals surface area (Å²) in [6.45, 7) is 7.95. The molecule has 5 unspecified atom stereocenters. The number of likely N-dealkylation sites (N-methyl/N-ethyl adjacent to an activating group) is 1. The van der Waals surface area contributed by atoms with Gasteiger partial charge in [-0.25, -0.2) is 0 Å². The van der Waals surface area contributed by atoms with E-state index in [1.807, 2.05) is 11.8 Å². The minimum Gasteiger partial charge on any atom is -0.393 e. The van der Waals surface area contributed by atoms with Crippen molar-refractivity contribution in [2.45, 2.75) is 45.4 Å². The molecular formula is C15H27N3O3. The van der Waals surface area contributed by atoms with Gasteiger partial charge < -0.3 is 15.3 Å². The van der Waals surface area contributed by atoms with Crippen molar-refractivity contribution in [2.24, 2.45) is 11.8 Å². The van der Waals surface area contributed by atoms with Crippen molar-refractivity contribution in [3.8, 4) is 0 Å². The number of hydrogen-bond acceptors (Lipinski definition) is 4. The van der Waals surface area contributed by atoms with Gasteiger partial charge in [0.15, 0.2) is 0 Å². The lowest BCUT2D eigenvalue weighted by Gasteiger charge is -2.45. The monoisotopic (exact) mass is 297 g/mol. The van der Waals surface area contributed by atoms with Crippen LogP contribution in [0.3, 0.4) is 0 Å². The first-order valence-electron chi connectivity index (χ1n) is 7.84. The fourth-order valence-electron chi connectivity index (χ4n) is 3.40. The Labute approximate surface area is 126 Å². The van der Waals surface area contributed by atoms with Gasteiger partial charge >= 0.3 is 0 Å². The van der Waals surface area contributed by atoms with Crippen molar-refractivity contribution in [1.82, 2.24) is 15.1 Å². The Kier molecular flexibility index (Phi) is 4.88. The van der Waals surface area contributed by atoms with Crippen LogP contribution in [-0.2, 0) is 9.59 Å². The topological polar surface area (TPSA) is 72.9 Å². The molecule has 0 aromatic carbocycles. The van der Waals surface area contributed by atoms with Crippen LogP contribution in [0, 0.1) is 11.8 Å². The van der Waals surface area contributed by atoms with Crippen molar-refractivity contribution >= 4 is 11.8 Å². The van der Waals surface area contributed by atoms with Crippen LogP contribution < -0.4 is 5.32 Å². The molecule has 0 aromatic heterocycles. The van der Waals surface area contributed by atoms with Crippen molar-refractivity contribution in [3.63, 3.8) is 0 Å². The number of nitrogens with one attached hydrogen (secondary N) is 1. The van der Waals surface area contributed by atoms with Crippen LogP contribution in [0.2, 0.25) is 0 Å². The van der Waals surface area contributed by atoms with Crippen LogP contribution in [0.5, 0.6) is 0 Å². The summed E-state index contributed by atoms with van der Waals surface area (Å²) in [7, 11) is 2.09. The lowest BCUT2D eigenvalue weighted by molar-refractivity contribution is -0.149. The molecule has 6 heteroatoms. The van der Waals surface area contributed by atoms with Gasteiger partial charge in [0.2, 0.25) is 11.8 Å². The maximum atomic E-state index is 12.6. The van der Waals surface area contributed by atoms with Gasteiger partial charge in [0, 0.05) is 25.7 Å². The van der Waals surface area contributed by atoms with E-state index < -0.39 is 12.0 Å². The fourth-order valence-corrected chi connectivity index (χ4v) is 3.40. The Morgan fingerprint density at radius 2 is 2.10 bits per heavy atom. The number of nitrogens with zero attached hydrogens (tertiary/aromatic N) is 2. The zero-order chi connectivity index (χ0) is 15.7. The largest absolute Gasteiger partial charge is 0.393 e. The molecule has 0 spiro atoms. The van der Waals surface area contributed by atoms with Crippen LogP contribution in [0.4, 0.5) is 0 Å². The molecule has 0 aromatic rings. The van der Waals surface area contributed by atoms with Crippen molar-refractivity contribution in [1.29, 1.82) is 0 Å². The van der Waals surface area contributed by atoms with E-state index in [1.54, 1.807) is 6.92 Å². The van der Waals surface area contributed by atoms with Gasteiger partial charge in [0.05, 0.1) is 24.0 Å². The number of carbonyl (C=O) groups is 2. The fraction of sp³-hybridized carbons (Fsp3) is 0.867. The van der Waals surface area contributed by atoms with Gasteiger partial charge in [-0.2, -0.15) is 0 Å². The van der Waals surface area contributed by atoms with E-state index in [0.29, 0.717) is 6.04 Å². The van der Waals surface area contributed by atoms with E-state index in [4.69, 9.17) is 0 Å². The zero-order valence-electron chi connectivity index (χ0n) is 13.4. The van der Waals surface area contributed by atoms with Gasteiger partial charge in [-0.15, -0.1) is 0 Å². The number of aliphatic hydroxyl groups is 1. The first-order valence-corrected chi connectivity index (χ1v) is 7.84. The molecule has 21 heavy (non-hydrogen) atoms. The molecule has 0 aliphatic carbocycles. The summed E-state index contributed by atoms with van der Waals surface area (Å²) in [5.74, 6) is -0.821. The van der Waals surface area contributed by atoms with Crippen LogP contribution in [-0.4, -0.2) is 71.6 Å². The summed E-state index contributed by atoms with van der Waals surface area (Å²) < 4.78 is 0. The molecule has 5 atom stereocenters.